The minimum Gasteiger partial charge on any atom is -0.462 e. The lowest BCUT2D eigenvalue weighted by Crippen LogP contribution is -2.37. The van der Waals surface area contributed by atoms with Gasteiger partial charge in [0.15, 0.2) is 6.10 Å². The van der Waals surface area contributed by atoms with Crippen LogP contribution in [0.2, 0.25) is 0 Å². The quantitative estimate of drug-likeness (QED) is 0.0211. The maximum Gasteiger partial charge on any atom is 0.472 e. The van der Waals surface area contributed by atoms with Crippen LogP contribution in [0.5, 0.6) is 0 Å². The van der Waals surface area contributed by atoms with Crippen LogP contribution in [0.3, 0.4) is 0 Å². The van der Waals surface area contributed by atoms with E-state index >= 15 is 0 Å². The summed E-state index contributed by atoms with van der Waals surface area (Å²) < 4.78 is 34.7. The molecule has 0 bridgehead atoms. The molecule has 1 N–H and O–H groups in total. The molecule has 0 heterocycles. The van der Waals surface area contributed by atoms with Crippen molar-refractivity contribution in [2.75, 3.05) is 47.5 Å². The van der Waals surface area contributed by atoms with E-state index in [2.05, 4.69) is 62.5 Å². The Balaban J connectivity index is 3.86. The number of phosphoric ester groups is 1. The lowest BCUT2D eigenvalue weighted by molar-refractivity contribution is -0.870. The molecular formula is C78H149NO8P+. The van der Waals surface area contributed by atoms with Gasteiger partial charge in [-0.2, -0.15) is 0 Å². The largest absolute Gasteiger partial charge is 0.472 e. The molecule has 2 atom stereocenters. The van der Waals surface area contributed by atoms with Crippen molar-refractivity contribution >= 4 is 19.8 Å². The molecule has 0 amide bonds. The topological polar surface area (TPSA) is 108 Å². The molecule has 0 spiro atoms. The third-order valence-corrected chi connectivity index (χ3v) is 18.4. The van der Waals surface area contributed by atoms with Crippen LogP contribution in [0, 0.1) is 0 Å². The van der Waals surface area contributed by atoms with Gasteiger partial charge in [-0.25, -0.2) is 4.57 Å². The van der Waals surface area contributed by atoms with Crippen molar-refractivity contribution in [3.63, 3.8) is 0 Å². The number of carbonyl (C=O) groups is 2. The Bertz CT molecular complexity index is 1620. The summed E-state index contributed by atoms with van der Waals surface area (Å²) in [6.07, 6.45) is 91.2. The van der Waals surface area contributed by atoms with Crippen LogP contribution in [0.1, 0.15) is 386 Å². The molecule has 518 valence electrons. The number of carbonyl (C=O) groups excluding carboxylic acids is 2. The number of nitrogens with zero attached hydrogens (tertiary/aromatic N) is 1. The van der Waals surface area contributed by atoms with Gasteiger partial charge in [0.05, 0.1) is 27.7 Å². The molecule has 10 heteroatoms. The Morgan fingerprint density at radius 3 is 0.966 bits per heavy atom. The molecule has 0 aromatic heterocycles. The second-order valence-electron chi connectivity index (χ2n) is 27.4. The number of phosphoric acid groups is 1. The number of rotatable bonds is 72. The lowest BCUT2D eigenvalue weighted by Gasteiger charge is -2.24. The molecule has 0 saturated heterocycles. The highest BCUT2D eigenvalue weighted by Gasteiger charge is 2.27. The number of likely N-dealkylation sites (N-methyl/N-ethyl adjacent to an activating group) is 1. The zero-order valence-electron chi connectivity index (χ0n) is 59.2. The molecule has 2 unspecified atom stereocenters. The predicted molar refractivity (Wildman–Crippen MR) is 381 cm³/mol. The molecule has 0 aliphatic heterocycles. The fraction of sp³-hybridized carbons (Fsp3) is 0.872. The van der Waals surface area contributed by atoms with E-state index in [1.807, 2.05) is 21.1 Å². The van der Waals surface area contributed by atoms with Crippen LogP contribution in [-0.4, -0.2) is 74.9 Å². The van der Waals surface area contributed by atoms with E-state index in [4.69, 9.17) is 18.5 Å². The number of quaternary nitrogens is 1. The first-order valence-electron chi connectivity index (χ1n) is 38.4. The molecule has 0 radical (unpaired) electrons. The highest BCUT2D eigenvalue weighted by Crippen LogP contribution is 2.43. The second kappa shape index (κ2) is 69.3. The van der Waals surface area contributed by atoms with E-state index in [0.29, 0.717) is 23.9 Å². The molecule has 0 aromatic carbocycles. The zero-order chi connectivity index (χ0) is 64.1. The zero-order valence-corrected chi connectivity index (χ0v) is 60.1. The summed E-state index contributed by atoms with van der Waals surface area (Å²) in [5.41, 5.74) is 0. The number of hydrogen-bond acceptors (Lipinski definition) is 7. The molecular weight excluding hydrogens is 1110 g/mol. The van der Waals surface area contributed by atoms with Gasteiger partial charge in [-0.1, -0.05) is 371 Å². The van der Waals surface area contributed by atoms with Gasteiger partial charge in [-0.15, -0.1) is 0 Å². The van der Waals surface area contributed by atoms with Crippen LogP contribution in [0.15, 0.2) is 48.6 Å². The smallest absolute Gasteiger partial charge is 0.462 e. The van der Waals surface area contributed by atoms with Crippen LogP contribution < -0.4 is 0 Å². The van der Waals surface area contributed by atoms with Gasteiger partial charge < -0.3 is 18.9 Å². The highest BCUT2D eigenvalue weighted by atomic mass is 31.2. The van der Waals surface area contributed by atoms with Gasteiger partial charge in [0, 0.05) is 12.8 Å². The number of allylic oxidation sites excluding steroid dienone is 8. The fourth-order valence-corrected chi connectivity index (χ4v) is 12.3. The van der Waals surface area contributed by atoms with Gasteiger partial charge in [-0.05, 0) is 51.4 Å². The number of ether oxygens (including phenoxy) is 2. The van der Waals surface area contributed by atoms with E-state index in [9.17, 15) is 19.0 Å². The van der Waals surface area contributed by atoms with Crippen molar-refractivity contribution in [3.05, 3.63) is 48.6 Å². The van der Waals surface area contributed by atoms with Gasteiger partial charge in [-0.3, -0.25) is 18.6 Å². The van der Waals surface area contributed by atoms with E-state index in [0.717, 1.165) is 70.6 Å². The summed E-state index contributed by atoms with van der Waals surface area (Å²) in [5, 5.41) is 0. The Morgan fingerprint density at radius 2 is 0.648 bits per heavy atom. The summed E-state index contributed by atoms with van der Waals surface area (Å²) >= 11 is 0. The maximum atomic E-state index is 12.9. The van der Waals surface area contributed by atoms with Crippen molar-refractivity contribution < 1.29 is 42.1 Å². The summed E-state index contributed by atoms with van der Waals surface area (Å²) in [4.78, 5) is 35.9. The van der Waals surface area contributed by atoms with E-state index < -0.39 is 26.5 Å². The molecule has 0 saturated carbocycles. The van der Waals surface area contributed by atoms with Gasteiger partial charge in [0.2, 0.25) is 0 Å². The summed E-state index contributed by atoms with van der Waals surface area (Å²) in [6.45, 7) is 4.38. The standard InChI is InChI=1S/C78H148NO8P/c1-6-8-10-12-14-16-18-20-22-24-26-28-30-31-32-33-34-35-36-37-38-39-40-41-42-43-44-45-46-47-49-50-52-54-56-58-60-62-64-66-68-70-77(80)84-74-76(75-86-88(82,83)85-73-72-79(3,4)5)87-78(81)71-69-67-65-63-61-59-57-55-53-51-48-29-27-25-23-21-19-17-15-13-11-9-7-2/h9,11,15,17,21,23,27,29,76H,6-8,10,12-14,16,18-20,22,24-26,28,30-75H2,1-5H3/p+1/b11-9-,17-15-,23-21-,29-27-. The fourth-order valence-electron chi connectivity index (χ4n) is 11.5. The molecule has 0 rings (SSSR count). The lowest BCUT2D eigenvalue weighted by atomic mass is 10.0. The number of esters is 2. The van der Waals surface area contributed by atoms with Crippen molar-refractivity contribution in [3.8, 4) is 0 Å². The van der Waals surface area contributed by atoms with Crippen LogP contribution in [-0.2, 0) is 32.7 Å². The first-order valence-corrected chi connectivity index (χ1v) is 39.9. The third kappa shape index (κ3) is 73.0. The molecule has 0 aliphatic rings. The molecule has 0 aromatic rings. The number of unbranched alkanes of at least 4 members (excludes halogenated alkanes) is 50. The van der Waals surface area contributed by atoms with Gasteiger partial charge in [0.25, 0.3) is 0 Å². The third-order valence-electron chi connectivity index (χ3n) is 17.4. The molecule has 0 fully saturated rings. The van der Waals surface area contributed by atoms with Crippen LogP contribution in [0.4, 0.5) is 0 Å². The second-order valence-corrected chi connectivity index (χ2v) is 28.8. The summed E-state index contributed by atoms with van der Waals surface area (Å²) in [7, 11) is 1.49. The molecule has 88 heavy (non-hydrogen) atoms. The average Bonchev–Trinajstić information content (AvgIpc) is 3.68. The Kier molecular flexibility index (Phi) is 67.7. The Labute approximate surface area is 547 Å². The Morgan fingerprint density at radius 1 is 0.364 bits per heavy atom. The SMILES string of the molecule is CC/C=C\C/C=C\C/C=C\C/C=C\CCCCCCCCCCCCC(=O)OC(COC(=O)CCCCCCCCCCCCCCCCCCCCCCCCCCCCCCCCCCCCCCCCCCC)COP(=O)(O)OCC[N+](C)(C)C. The van der Waals surface area contributed by atoms with E-state index in [1.165, 1.54) is 283 Å². The summed E-state index contributed by atoms with van der Waals surface area (Å²) in [6, 6.07) is 0. The first kappa shape index (κ1) is 86.0. The van der Waals surface area contributed by atoms with Crippen LogP contribution >= 0.6 is 7.82 Å². The first-order chi connectivity index (χ1) is 43.0. The average molecular weight is 1260 g/mol. The van der Waals surface area contributed by atoms with Crippen molar-refractivity contribution in [2.45, 2.75) is 392 Å². The van der Waals surface area contributed by atoms with E-state index in [1.54, 1.807) is 0 Å². The monoisotopic (exact) mass is 1260 g/mol. The normalized spacial score (nSPS) is 13.3. The maximum absolute atomic E-state index is 12.9. The predicted octanol–water partition coefficient (Wildman–Crippen LogP) is 25.2. The highest BCUT2D eigenvalue weighted by molar-refractivity contribution is 7.47. The molecule has 0 aliphatic carbocycles. The summed E-state index contributed by atoms with van der Waals surface area (Å²) in [5.74, 6) is -0.785. The van der Waals surface area contributed by atoms with Crippen molar-refractivity contribution in [1.82, 2.24) is 0 Å². The van der Waals surface area contributed by atoms with Crippen molar-refractivity contribution in [1.29, 1.82) is 0 Å². The van der Waals surface area contributed by atoms with Gasteiger partial charge >= 0.3 is 19.8 Å². The molecule has 9 nitrogen and oxygen atoms in total. The minimum atomic E-state index is -4.39. The Hall–Kier alpha value is -2.03. The van der Waals surface area contributed by atoms with Crippen molar-refractivity contribution in [2.24, 2.45) is 0 Å². The number of hydrogen-bond donors (Lipinski definition) is 1. The van der Waals surface area contributed by atoms with Crippen LogP contribution in [0.25, 0.3) is 0 Å². The van der Waals surface area contributed by atoms with E-state index in [-0.39, 0.29) is 25.6 Å². The minimum absolute atomic E-state index is 0.0315. The van der Waals surface area contributed by atoms with Gasteiger partial charge in [0.1, 0.15) is 19.8 Å².